The van der Waals surface area contributed by atoms with Gasteiger partial charge in [0.1, 0.15) is 0 Å². The zero-order valence-electron chi connectivity index (χ0n) is 17.6. The van der Waals surface area contributed by atoms with Gasteiger partial charge >= 0.3 is 0 Å². The van der Waals surface area contributed by atoms with Crippen LogP contribution in [0.25, 0.3) is 0 Å². The van der Waals surface area contributed by atoms with Gasteiger partial charge in [-0.05, 0) is 67.3 Å². The molecule has 0 bridgehead atoms. The van der Waals surface area contributed by atoms with Crippen LogP contribution in [-0.4, -0.2) is 20.9 Å². The van der Waals surface area contributed by atoms with Crippen LogP contribution in [0.3, 0.4) is 0 Å². The molecule has 0 spiro atoms. The molecule has 1 amide bonds. The van der Waals surface area contributed by atoms with Crippen molar-refractivity contribution in [3.63, 3.8) is 0 Å². The lowest BCUT2D eigenvalue weighted by atomic mass is 10.0. The fraction of sp³-hybridized carbons (Fsp3) is 0.435. The van der Waals surface area contributed by atoms with Crippen molar-refractivity contribution in [3.8, 4) is 0 Å². The normalized spacial score (nSPS) is 16.1. The Morgan fingerprint density at radius 1 is 1.14 bits per heavy atom. The molecule has 3 rings (SSSR count). The average molecular weight is 415 g/mol. The minimum atomic E-state index is -3.67. The predicted molar refractivity (Wildman–Crippen MR) is 116 cm³/mol. The second-order valence-corrected chi connectivity index (χ2v) is 10.0. The number of aryl methyl sites for hydroxylation is 3. The highest BCUT2D eigenvalue weighted by atomic mass is 32.2. The van der Waals surface area contributed by atoms with E-state index in [4.69, 9.17) is 0 Å². The topological polar surface area (TPSA) is 75.3 Å². The van der Waals surface area contributed by atoms with E-state index < -0.39 is 10.0 Å². The van der Waals surface area contributed by atoms with E-state index >= 15 is 0 Å². The van der Waals surface area contributed by atoms with Crippen LogP contribution in [0.4, 0.5) is 0 Å². The van der Waals surface area contributed by atoms with Crippen molar-refractivity contribution >= 4 is 15.9 Å². The lowest BCUT2D eigenvalue weighted by molar-refractivity contribution is 0.0936. The average Bonchev–Trinajstić information content (AvgIpc) is 3.04. The number of rotatable bonds is 7. The SMILES string of the molecule is Cc1cc(C)c(S(=O)(=O)NCCC(C)C)cc1C(=O)NC1CCc2ccccc21. The highest BCUT2D eigenvalue weighted by molar-refractivity contribution is 7.89. The van der Waals surface area contributed by atoms with E-state index in [9.17, 15) is 13.2 Å². The first kappa shape index (κ1) is 21.5. The number of hydrogen-bond donors (Lipinski definition) is 2. The summed E-state index contributed by atoms with van der Waals surface area (Å²) in [5.74, 6) is 0.176. The van der Waals surface area contributed by atoms with Gasteiger partial charge in [-0.25, -0.2) is 13.1 Å². The second kappa shape index (κ2) is 8.67. The Hall–Kier alpha value is -2.18. The van der Waals surface area contributed by atoms with Crippen LogP contribution in [0, 0.1) is 19.8 Å². The van der Waals surface area contributed by atoms with Crippen LogP contribution in [0.15, 0.2) is 41.3 Å². The van der Waals surface area contributed by atoms with Gasteiger partial charge in [-0.1, -0.05) is 44.2 Å². The van der Waals surface area contributed by atoms with E-state index in [1.165, 1.54) is 11.6 Å². The lowest BCUT2D eigenvalue weighted by Crippen LogP contribution is -2.29. The van der Waals surface area contributed by atoms with Crippen molar-refractivity contribution in [2.45, 2.75) is 57.9 Å². The molecule has 0 radical (unpaired) electrons. The van der Waals surface area contributed by atoms with E-state index in [-0.39, 0.29) is 16.8 Å². The number of benzene rings is 2. The Bertz CT molecular complexity index is 1010. The molecule has 0 saturated heterocycles. The fourth-order valence-electron chi connectivity index (χ4n) is 3.87. The van der Waals surface area contributed by atoms with E-state index in [2.05, 4.69) is 30.0 Å². The summed E-state index contributed by atoms with van der Waals surface area (Å²) in [6.45, 7) is 8.09. The van der Waals surface area contributed by atoms with Crippen LogP contribution >= 0.6 is 0 Å². The van der Waals surface area contributed by atoms with Crippen LogP contribution in [-0.2, 0) is 16.4 Å². The van der Waals surface area contributed by atoms with Crippen molar-refractivity contribution in [1.29, 1.82) is 0 Å². The smallest absolute Gasteiger partial charge is 0.252 e. The van der Waals surface area contributed by atoms with Gasteiger partial charge in [0.05, 0.1) is 10.9 Å². The monoisotopic (exact) mass is 414 g/mol. The molecule has 1 atom stereocenters. The minimum Gasteiger partial charge on any atom is -0.345 e. The van der Waals surface area contributed by atoms with Crippen molar-refractivity contribution in [2.75, 3.05) is 6.54 Å². The maximum atomic E-state index is 13.0. The Balaban J connectivity index is 1.83. The minimum absolute atomic E-state index is 0.0383. The second-order valence-electron chi connectivity index (χ2n) is 8.28. The van der Waals surface area contributed by atoms with Crippen LogP contribution in [0.1, 0.15) is 65.3 Å². The molecule has 1 unspecified atom stereocenters. The Kier molecular flexibility index (Phi) is 6.44. The molecule has 29 heavy (non-hydrogen) atoms. The molecule has 1 aliphatic rings. The summed E-state index contributed by atoms with van der Waals surface area (Å²) in [5, 5.41) is 3.09. The van der Waals surface area contributed by atoms with Crippen LogP contribution in [0.2, 0.25) is 0 Å². The maximum absolute atomic E-state index is 13.0. The Morgan fingerprint density at radius 3 is 2.59 bits per heavy atom. The molecular formula is C23H30N2O3S. The molecule has 156 valence electrons. The van der Waals surface area contributed by atoms with Gasteiger partial charge in [-0.2, -0.15) is 0 Å². The number of carbonyl (C=O) groups is 1. The highest BCUT2D eigenvalue weighted by Gasteiger charge is 2.26. The third kappa shape index (κ3) is 4.87. The van der Waals surface area contributed by atoms with Crippen molar-refractivity contribution in [3.05, 3.63) is 64.2 Å². The van der Waals surface area contributed by atoms with E-state index in [0.29, 0.717) is 23.6 Å². The molecule has 0 heterocycles. The predicted octanol–water partition coefficient (Wildman–Crippen LogP) is 4.05. The van der Waals surface area contributed by atoms with Crippen LogP contribution in [0.5, 0.6) is 0 Å². The standard InChI is InChI=1S/C23H30N2O3S/c1-15(2)11-12-24-29(27,28)22-14-20(16(3)13-17(22)4)23(26)25-21-10-9-18-7-5-6-8-19(18)21/h5-8,13-15,21,24H,9-12H2,1-4H3,(H,25,26). The van der Waals surface area contributed by atoms with Crippen molar-refractivity contribution in [2.24, 2.45) is 5.92 Å². The molecule has 0 saturated carbocycles. The number of carbonyl (C=O) groups excluding carboxylic acids is 1. The first-order chi connectivity index (χ1) is 13.7. The summed E-state index contributed by atoms with van der Waals surface area (Å²) >= 11 is 0. The number of amides is 1. The van der Waals surface area contributed by atoms with Gasteiger partial charge in [-0.3, -0.25) is 4.79 Å². The molecule has 6 heteroatoms. The van der Waals surface area contributed by atoms with E-state index in [1.54, 1.807) is 13.0 Å². The fourth-order valence-corrected chi connectivity index (χ4v) is 5.17. The van der Waals surface area contributed by atoms with Gasteiger partial charge < -0.3 is 5.32 Å². The van der Waals surface area contributed by atoms with Gasteiger partial charge in [0, 0.05) is 12.1 Å². The molecule has 2 aromatic carbocycles. The summed E-state index contributed by atoms with van der Waals surface area (Å²) in [4.78, 5) is 13.2. The zero-order chi connectivity index (χ0) is 21.2. The highest BCUT2D eigenvalue weighted by Crippen LogP contribution is 2.31. The third-order valence-corrected chi connectivity index (χ3v) is 7.11. The number of hydrogen-bond acceptors (Lipinski definition) is 3. The zero-order valence-corrected chi connectivity index (χ0v) is 18.4. The van der Waals surface area contributed by atoms with Crippen molar-refractivity contribution in [1.82, 2.24) is 10.0 Å². The lowest BCUT2D eigenvalue weighted by Gasteiger charge is -2.17. The summed E-state index contributed by atoms with van der Waals surface area (Å²) in [6.07, 6.45) is 2.56. The van der Waals surface area contributed by atoms with E-state index in [0.717, 1.165) is 30.4 Å². The summed E-state index contributed by atoms with van der Waals surface area (Å²) in [5.41, 5.74) is 4.23. The first-order valence-electron chi connectivity index (χ1n) is 10.2. The molecule has 2 N–H and O–H groups in total. The van der Waals surface area contributed by atoms with Crippen LogP contribution < -0.4 is 10.0 Å². The quantitative estimate of drug-likeness (QED) is 0.718. The molecular weight excluding hydrogens is 384 g/mol. The molecule has 5 nitrogen and oxygen atoms in total. The maximum Gasteiger partial charge on any atom is 0.252 e. The Morgan fingerprint density at radius 2 is 1.86 bits per heavy atom. The molecule has 0 fully saturated rings. The third-order valence-electron chi connectivity index (χ3n) is 5.51. The summed E-state index contributed by atoms with van der Waals surface area (Å²) in [6, 6.07) is 11.4. The molecule has 2 aromatic rings. The summed E-state index contributed by atoms with van der Waals surface area (Å²) in [7, 11) is -3.67. The largest absolute Gasteiger partial charge is 0.345 e. The van der Waals surface area contributed by atoms with Gasteiger partial charge in [0.25, 0.3) is 5.91 Å². The van der Waals surface area contributed by atoms with Gasteiger partial charge in [-0.15, -0.1) is 0 Å². The van der Waals surface area contributed by atoms with Gasteiger partial charge in [0.15, 0.2) is 0 Å². The van der Waals surface area contributed by atoms with Gasteiger partial charge in [0.2, 0.25) is 10.0 Å². The number of fused-ring (bicyclic) bond motifs is 1. The molecule has 0 aromatic heterocycles. The number of nitrogens with one attached hydrogen (secondary N) is 2. The molecule has 1 aliphatic carbocycles. The number of sulfonamides is 1. The van der Waals surface area contributed by atoms with E-state index in [1.807, 2.05) is 25.1 Å². The molecule has 0 aliphatic heterocycles. The van der Waals surface area contributed by atoms with Crippen molar-refractivity contribution < 1.29 is 13.2 Å². The summed E-state index contributed by atoms with van der Waals surface area (Å²) < 4.78 is 28.2. The Labute approximate surface area is 174 Å². The first-order valence-corrected chi connectivity index (χ1v) is 11.7.